The number of rotatable bonds is 2. The van der Waals surface area contributed by atoms with E-state index >= 15 is 0 Å². The van der Waals surface area contributed by atoms with E-state index in [1.54, 1.807) is 7.11 Å². The van der Waals surface area contributed by atoms with Gasteiger partial charge in [-0.15, -0.1) is 0 Å². The predicted octanol–water partition coefficient (Wildman–Crippen LogP) is 1.16. The summed E-state index contributed by atoms with van der Waals surface area (Å²) in [6.07, 6.45) is 0.996. The molecule has 0 N–H and O–H groups in total. The maximum atomic E-state index is 11.2. The topological polar surface area (TPSA) is 35.5 Å². The molecule has 0 aliphatic carbocycles. The lowest BCUT2D eigenvalue weighted by atomic mass is 9.90. The quantitative estimate of drug-likeness (QED) is 0.627. The van der Waals surface area contributed by atoms with Crippen LogP contribution in [0.3, 0.4) is 0 Å². The van der Waals surface area contributed by atoms with Crippen LogP contribution in [0.4, 0.5) is 0 Å². The molecule has 1 fully saturated rings. The third-order valence-corrected chi connectivity index (χ3v) is 2.57. The molecule has 2 atom stereocenters. The number of carbonyl (C=O) groups excluding carboxylic acids is 1. The Morgan fingerprint density at radius 3 is 2.83 bits per heavy atom. The van der Waals surface area contributed by atoms with Gasteiger partial charge in [-0.25, -0.2) is 0 Å². The zero-order chi connectivity index (χ0) is 9.19. The summed E-state index contributed by atoms with van der Waals surface area (Å²) in [7, 11) is 1.64. The molecule has 12 heavy (non-hydrogen) atoms. The summed E-state index contributed by atoms with van der Waals surface area (Å²) < 4.78 is 10.7. The van der Waals surface area contributed by atoms with E-state index in [-0.39, 0.29) is 11.9 Å². The molecule has 0 aromatic heterocycles. The van der Waals surface area contributed by atoms with Gasteiger partial charge in [0.2, 0.25) is 0 Å². The van der Waals surface area contributed by atoms with Crippen molar-refractivity contribution in [3.63, 3.8) is 0 Å². The Kier molecular flexibility index (Phi) is 2.85. The first-order valence-electron chi connectivity index (χ1n) is 4.27. The molecule has 70 valence electrons. The van der Waals surface area contributed by atoms with E-state index < -0.39 is 5.60 Å². The molecule has 1 aliphatic heterocycles. The van der Waals surface area contributed by atoms with Crippen LogP contribution in [0.25, 0.3) is 0 Å². The van der Waals surface area contributed by atoms with Crippen molar-refractivity contribution < 1.29 is 14.3 Å². The molecule has 0 aromatic rings. The van der Waals surface area contributed by atoms with E-state index in [0.717, 1.165) is 0 Å². The van der Waals surface area contributed by atoms with Gasteiger partial charge in [-0.1, -0.05) is 0 Å². The normalized spacial score (nSPS) is 33.4. The molecule has 0 aromatic carbocycles. The summed E-state index contributed by atoms with van der Waals surface area (Å²) >= 11 is 0. The zero-order valence-corrected chi connectivity index (χ0v) is 7.92. The average Bonchev–Trinajstić information content (AvgIpc) is 2.02. The van der Waals surface area contributed by atoms with Crippen molar-refractivity contribution in [2.75, 3.05) is 13.7 Å². The van der Waals surface area contributed by atoms with E-state index in [1.165, 1.54) is 0 Å². The van der Waals surface area contributed by atoms with Crippen molar-refractivity contribution in [1.82, 2.24) is 0 Å². The van der Waals surface area contributed by atoms with Crippen LogP contribution in [0.5, 0.6) is 0 Å². The Labute approximate surface area is 73.0 Å². The van der Waals surface area contributed by atoms with Gasteiger partial charge in [0.05, 0.1) is 18.3 Å². The van der Waals surface area contributed by atoms with Gasteiger partial charge in [0.25, 0.3) is 0 Å². The highest BCUT2D eigenvalue weighted by atomic mass is 16.5. The first-order chi connectivity index (χ1) is 5.58. The van der Waals surface area contributed by atoms with Crippen LogP contribution >= 0.6 is 0 Å². The number of hydrogen-bond acceptors (Lipinski definition) is 3. The number of ketones is 1. The SMILES string of the molecule is COC(C)C1(C)CC(=O)CCO1. The molecule has 0 amide bonds. The van der Waals surface area contributed by atoms with Crippen molar-refractivity contribution in [2.24, 2.45) is 0 Å². The Hall–Kier alpha value is -0.410. The summed E-state index contributed by atoms with van der Waals surface area (Å²) in [5, 5.41) is 0. The molecule has 2 unspecified atom stereocenters. The second-order valence-electron chi connectivity index (χ2n) is 3.50. The standard InChI is InChI=1S/C9H16O3/c1-7(11-3)9(2)6-8(10)4-5-12-9/h7H,4-6H2,1-3H3. The molecule has 1 heterocycles. The van der Waals surface area contributed by atoms with Crippen molar-refractivity contribution in [1.29, 1.82) is 0 Å². The van der Waals surface area contributed by atoms with Gasteiger partial charge in [-0.2, -0.15) is 0 Å². The van der Waals surface area contributed by atoms with E-state index in [9.17, 15) is 4.79 Å². The molecule has 0 saturated carbocycles. The van der Waals surface area contributed by atoms with Crippen LogP contribution in [-0.2, 0) is 14.3 Å². The number of hydrogen-bond donors (Lipinski definition) is 0. The summed E-state index contributed by atoms with van der Waals surface area (Å²) in [4.78, 5) is 11.2. The van der Waals surface area contributed by atoms with Crippen molar-refractivity contribution >= 4 is 5.78 Å². The van der Waals surface area contributed by atoms with Gasteiger partial charge in [0.15, 0.2) is 0 Å². The maximum Gasteiger partial charge on any atom is 0.138 e. The summed E-state index contributed by atoms with van der Waals surface area (Å²) in [5.41, 5.74) is -0.413. The molecule has 1 saturated heterocycles. The lowest BCUT2D eigenvalue weighted by Crippen LogP contribution is -2.46. The number of ether oxygens (including phenoxy) is 2. The summed E-state index contributed by atoms with van der Waals surface area (Å²) in [6.45, 7) is 4.39. The lowest BCUT2D eigenvalue weighted by molar-refractivity contribution is -0.159. The van der Waals surface area contributed by atoms with E-state index in [2.05, 4.69) is 0 Å². The average molecular weight is 172 g/mol. The summed E-state index contributed by atoms with van der Waals surface area (Å²) in [6, 6.07) is 0. The molecule has 3 nitrogen and oxygen atoms in total. The molecule has 1 rings (SSSR count). The number of Topliss-reactive ketones (excluding diaryl/α,β-unsaturated/α-hetero) is 1. The van der Waals surface area contributed by atoms with Crippen molar-refractivity contribution in [2.45, 2.75) is 38.4 Å². The molecule has 0 bridgehead atoms. The fourth-order valence-electron chi connectivity index (χ4n) is 1.44. The molecule has 0 radical (unpaired) electrons. The van der Waals surface area contributed by atoms with Crippen LogP contribution in [0.15, 0.2) is 0 Å². The second-order valence-corrected chi connectivity index (χ2v) is 3.50. The largest absolute Gasteiger partial charge is 0.379 e. The van der Waals surface area contributed by atoms with Gasteiger partial charge in [-0.05, 0) is 13.8 Å². The molecule has 0 spiro atoms. The van der Waals surface area contributed by atoms with Gasteiger partial charge in [0.1, 0.15) is 5.78 Å². The Balaban J connectivity index is 2.62. The molecular formula is C9H16O3. The Morgan fingerprint density at radius 1 is 1.67 bits per heavy atom. The van der Waals surface area contributed by atoms with Gasteiger partial charge < -0.3 is 9.47 Å². The van der Waals surface area contributed by atoms with E-state index in [1.807, 2.05) is 13.8 Å². The van der Waals surface area contributed by atoms with Crippen LogP contribution in [0.1, 0.15) is 26.7 Å². The fourth-order valence-corrected chi connectivity index (χ4v) is 1.44. The van der Waals surface area contributed by atoms with Gasteiger partial charge in [0, 0.05) is 20.0 Å². The molecular weight excluding hydrogens is 156 g/mol. The Morgan fingerprint density at radius 2 is 2.33 bits per heavy atom. The smallest absolute Gasteiger partial charge is 0.138 e. The van der Waals surface area contributed by atoms with Crippen LogP contribution in [0.2, 0.25) is 0 Å². The minimum atomic E-state index is -0.413. The maximum absolute atomic E-state index is 11.2. The number of carbonyl (C=O) groups is 1. The predicted molar refractivity (Wildman–Crippen MR) is 45.1 cm³/mol. The fraction of sp³-hybridized carbons (Fsp3) is 0.889. The Bertz CT molecular complexity index is 179. The molecule has 1 aliphatic rings. The third kappa shape index (κ3) is 1.84. The highest BCUT2D eigenvalue weighted by molar-refractivity contribution is 5.80. The zero-order valence-electron chi connectivity index (χ0n) is 7.92. The van der Waals surface area contributed by atoms with E-state index in [0.29, 0.717) is 19.4 Å². The monoisotopic (exact) mass is 172 g/mol. The number of methoxy groups -OCH3 is 1. The third-order valence-electron chi connectivity index (χ3n) is 2.57. The van der Waals surface area contributed by atoms with Gasteiger partial charge in [-0.3, -0.25) is 4.79 Å². The van der Waals surface area contributed by atoms with E-state index in [4.69, 9.17) is 9.47 Å². The van der Waals surface area contributed by atoms with Crippen molar-refractivity contribution in [3.05, 3.63) is 0 Å². The van der Waals surface area contributed by atoms with Crippen LogP contribution in [0, 0.1) is 0 Å². The van der Waals surface area contributed by atoms with Crippen molar-refractivity contribution in [3.8, 4) is 0 Å². The summed E-state index contributed by atoms with van der Waals surface area (Å²) in [5.74, 6) is 0.271. The first-order valence-corrected chi connectivity index (χ1v) is 4.27. The minimum absolute atomic E-state index is 0.0262. The second kappa shape index (κ2) is 3.54. The highest BCUT2D eigenvalue weighted by Gasteiger charge is 2.37. The van der Waals surface area contributed by atoms with Crippen LogP contribution in [-0.4, -0.2) is 31.2 Å². The minimum Gasteiger partial charge on any atom is -0.379 e. The van der Waals surface area contributed by atoms with Gasteiger partial charge >= 0.3 is 0 Å². The first kappa shape index (κ1) is 9.68. The van der Waals surface area contributed by atoms with Crippen LogP contribution < -0.4 is 0 Å². The lowest BCUT2D eigenvalue weighted by Gasteiger charge is -2.37. The highest BCUT2D eigenvalue weighted by Crippen LogP contribution is 2.27. The molecule has 3 heteroatoms.